The van der Waals surface area contributed by atoms with E-state index in [9.17, 15) is 0 Å². The van der Waals surface area contributed by atoms with Crippen LogP contribution in [0, 0.1) is 6.92 Å². The van der Waals surface area contributed by atoms with Crippen LogP contribution >= 0.6 is 27.7 Å². The molecule has 20 heavy (non-hydrogen) atoms. The Morgan fingerprint density at radius 2 is 1.90 bits per heavy atom. The van der Waals surface area contributed by atoms with Gasteiger partial charge < -0.3 is 5.32 Å². The molecule has 0 bridgehead atoms. The van der Waals surface area contributed by atoms with E-state index in [1.54, 1.807) is 0 Å². The summed E-state index contributed by atoms with van der Waals surface area (Å²) < 4.78 is 1.14. The van der Waals surface area contributed by atoms with E-state index in [4.69, 9.17) is 0 Å². The zero-order valence-corrected chi connectivity index (χ0v) is 14.3. The van der Waals surface area contributed by atoms with Gasteiger partial charge in [-0.05, 0) is 44.2 Å². The molecule has 2 rings (SSSR count). The molecule has 0 spiro atoms. The number of rotatable bonds is 6. The molecule has 1 unspecified atom stereocenters. The summed E-state index contributed by atoms with van der Waals surface area (Å²) in [5.41, 5.74) is 2.71. The second kappa shape index (κ2) is 7.87. The van der Waals surface area contributed by atoms with Crippen molar-refractivity contribution in [3.63, 3.8) is 0 Å². The van der Waals surface area contributed by atoms with Gasteiger partial charge in [-0.3, -0.25) is 0 Å². The zero-order chi connectivity index (χ0) is 14.4. The number of hydrogen-bond donors (Lipinski definition) is 1. The zero-order valence-electron chi connectivity index (χ0n) is 11.9. The number of likely N-dealkylation sites (N-methyl/N-ethyl adjacent to an activating group) is 1. The number of thioether (sulfide) groups is 1. The highest BCUT2D eigenvalue weighted by Gasteiger charge is 2.08. The predicted octanol–water partition coefficient (Wildman–Crippen LogP) is 4.68. The molecule has 0 aromatic heterocycles. The highest BCUT2D eigenvalue weighted by atomic mass is 79.9. The Balaban J connectivity index is 1.90. The second-order valence-corrected chi connectivity index (χ2v) is 6.95. The summed E-state index contributed by atoms with van der Waals surface area (Å²) >= 11 is 5.41. The number of aryl methyl sites for hydroxylation is 1. The van der Waals surface area contributed by atoms with Crippen LogP contribution in [0.15, 0.2) is 57.9 Å². The van der Waals surface area contributed by atoms with Gasteiger partial charge in [-0.2, -0.15) is 0 Å². The first-order valence-electron chi connectivity index (χ1n) is 6.78. The van der Waals surface area contributed by atoms with Crippen LogP contribution in [0.2, 0.25) is 0 Å². The first-order valence-corrected chi connectivity index (χ1v) is 8.56. The minimum Gasteiger partial charge on any atom is -0.316 e. The van der Waals surface area contributed by atoms with Crippen LogP contribution in [-0.2, 0) is 6.42 Å². The number of hydrogen-bond acceptors (Lipinski definition) is 2. The summed E-state index contributed by atoms with van der Waals surface area (Å²) in [7, 11) is 2.04. The van der Waals surface area contributed by atoms with Crippen LogP contribution in [0.25, 0.3) is 0 Å². The Hall–Kier alpha value is -0.770. The van der Waals surface area contributed by atoms with Gasteiger partial charge in [0.2, 0.25) is 0 Å². The van der Waals surface area contributed by atoms with Gasteiger partial charge in [0.1, 0.15) is 0 Å². The fourth-order valence-corrected chi connectivity index (χ4v) is 3.62. The summed E-state index contributed by atoms with van der Waals surface area (Å²) in [6.07, 6.45) is 1.07. The van der Waals surface area contributed by atoms with Crippen molar-refractivity contribution in [2.45, 2.75) is 24.3 Å². The van der Waals surface area contributed by atoms with Crippen LogP contribution in [0.5, 0.6) is 0 Å². The van der Waals surface area contributed by atoms with Crippen molar-refractivity contribution in [2.24, 2.45) is 0 Å². The van der Waals surface area contributed by atoms with Gasteiger partial charge in [0.25, 0.3) is 0 Å². The Bertz CT molecular complexity index is 539. The maximum absolute atomic E-state index is 3.52. The van der Waals surface area contributed by atoms with Crippen molar-refractivity contribution < 1.29 is 0 Å². The lowest BCUT2D eigenvalue weighted by atomic mass is 10.1. The molecular formula is C17H20BrNS. The molecule has 0 saturated heterocycles. The van der Waals surface area contributed by atoms with Crippen LogP contribution in [0.3, 0.4) is 0 Å². The van der Waals surface area contributed by atoms with Crippen molar-refractivity contribution in [3.8, 4) is 0 Å². The topological polar surface area (TPSA) is 12.0 Å². The third kappa shape index (κ3) is 4.97. The predicted molar refractivity (Wildman–Crippen MR) is 92.6 cm³/mol. The quantitative estimate of drug-likeness (QED) is 0.759. The largest absolute Gasteiger partial charge is 0.316 e. The average molecular weight is 350 g/mol. The molecule has 2 aromatic rings. The van der Waals surface area contributed by atoms with Gasteiger partial charge >= 0.3 is 0 Å². The maximum atomic E-state index is 3.52. The van der Waals surface area contributed by atoms with Crippen molar-refractivity contribution in [3.05, 3.63) is 64.1 Å². The van der Waals surface area contributed by atoms with Gasteiger partial charge in [-0.15, -0.1) is 11.8 Å². The van der Waals surface area contributed by atoms with E-state index in [2.05, 4.69) is 76.7 Å². The molecule has 1 atom stereocenters. The molecule has 1 nitrogen and oxygen atoms in total. The summed E-state index contributed by atoms with van der Waals surface area (Å²) in [4.78, 5) is 1.31. The van der Waals surface area contributed by atoms with Crippen LogP contribution < -0.4 is 5.32 Å². The van der Waals surface area contributed by atoms with Crippen LogP contribution in [-0.4, -0.2) is 18.8 Å². The SMILES string of the molecule is CNC(CSc1cccc(Br)c1)Cc1ccc(C)cc1. The summed E-state index contributed by atoms with van der Waals surface area (Å²) in [5, 5.41) is 3.42. The molecule has 2 aromatic carbocycles. The maximum Gasteiger partial charge on any atom is 0.0199 e. The standard InChI is InChI=1S/C17H20BrNS/c1-13-6-8-14(9-7-13)10-16(19-2)12-20-17-5-3-4-15(18)11-17/h3-9,11,16,19H,10,12H2,1-2H3. The third-order valence-corrected chi connectivity index (χ3v) is 4.91. The molecule has 0 fully saturated rings. The Morgan fingerprint density at radius 1 is 1.15 bits per heavy atom. The summed E-state index contributed by atoms with van der Waals surface area (Å²) in [5.74, 6) is 1.07. The smallest absolute Gasteiger partial charge is 0.0199 e. The second-order valence-electron chi connectivity index (χ2n) is 4.94. The molecular weight excluding hydrogens is 330 g/mol. The molecule has 106 valence electrons. The fraction of sp³-hybridized carbons (Fsp3) is 0.294. The molecule has 0 aliphatic rings. The normalized spacial score (nSPS) is 12.3. The molecule has 0 amide bonds. The summed E-state index contributed by atoms with van der Waals surface area (Å²) in [6, 6.07) is 17.8. The van der Waals surface area contributed by atoms with E-state index in [0.29, 0.717) is 6.04 Å². The Kier molecular flexibility index (Phi) is 6.14. The lowest BCUT2D eigenvalue weighted by Gasteiger charge is -2.16. The number of halogens is 1. The van der Waals surface area contributed by atoms with E-state index in [1.807, 2.05) is 18.8 Å². The van der Waals surface area contributed by atoms with E-state index in [0.717, 1.165) is 16.6 Å². The number of benzene rings is 2. The first kappa shape index (κ1) is 15.6. The molecule has 0 aliphatic carbocycles. The monoisotopic (exact) mass is 349 g/mol. The van der Waals surface area contributed by atoms with Crippen molar-refractivity contribution >= 4 is 27.7 Å². The fourth-order valence-electron chi connectivity index (χ4n) is 2.01. The lowest BCUT2D eigenvalue weighted by Crippen LogP contribution is -2.30. The van der Waals surface area contributed by atoms with E-state index >= 15 is 0 Å². The lowest BCUT2D eigenvalue weighted by molar-refractivity contribution is 0.617. The van der Waals surface area contributed by atoms with Gasteiger partial charge in [-0.1, -0.05) is 51.8 Å². The van der Waals surface area contributed by atoms with Gasteiger partial charge in [-0.25, -0.2) is 0 Å². The van der Waals surface area contributed by atoms with Crippen molar-refractivity contribution in [1.82, 2.24) is 5.32 Å². The highest BCUT2D eigenvalue weighted by Crippen LogP contribution is 2.23. The van der Waals surface area contributed by atoms with Gasteiger partial charge in [0, 0.05) is 21.2 Å². The number of nitrogens with one attached hydrogen (secondary N) is 1. The molecule has 0 saturated carbocycles. The molecule has 0 aliphatic heterocycles. The van der Waals surface area contributed by atoms with Crippen molar-refractivity contribution in [2.75, 3.05) is 12.8 Å². The van der Waals surface area contributed by atoms with Crippen LogP contribution in [0.4, 0.5) is 0 Å². The Labute approximate surface area is 134 Å². The average Bonchev–Trinajstić information content (AvgIpc) is 2.45. The molecule has 0 radical (unpaired) electrons. The van der Waals surface area contributed by atoms with Gasteiger partial charge in [0.05, 0.1) is 0 Å². The van der Waals surface area contributed by atoms with E-state index < -0.39 is 0 Å². The minimum atomic E-state index is 0.488. The third-order valence-electron chi connectivity index (χ3n) is 3.26. The minimum absolute atomic E-state index is 0.488. The molecule has 1 N–H and O–H groups in total. The Morgan fingerprint density at radius 3 is 2.55 bits per heavy atom. The first-order chi connectivity index (χ1) is 9.67. The highest BCUT2D eigenvalue weighted by molar-refractivity contribution is 9.10. The van der Waals surface area contributed by atoms with Crippen molar-refractivity contribution in [1.29, 1.82) is 0 Å². The van der Waals surface area contributed by atoms with E-state index in [1.165, 1.54) is 16.0 Å². The molecule has 3 heteroatoms. The molecule has 0 heterocycles. The van der Waals surface area contributed by atoms with E-state index in [-0.39, 0.29) is 0 Å². The van der Waals surface area contributed by atoms with Crippen LogP contribution in [0.1, 0.15) is 11.1 Å². The van der Waals surface area contributed by atoms with Gasteiger partial charge in [0.15, 0.2) is 0 Å². The summed E-state index contributed by atoms with van der Waals surface area (Å²) in [6.45, 7) is 2.13.